The zero-order chi connectivity index (χ0) is 17.9. The number of carboxylic acid groups (broad SMARTS) is 2. The molecular weight excluding hydrogens is 316 g/mol. The van der Waals surface area contributed by atoms with E-state index in [0.29, 0.717) is 24.0 Å². The van der Waals surface area contributed by atoms with Crippen molar-refractivity contribution in [3.8, 4) is 0 Å². The van der Waals surface area contributed by atoms with Crippen LogP contribution in [-0.2, 0) is 9.59 Å². The summed E-state index contributed by atoms with van der Waals surface area (Å²) >= 11 is 0. The van der Waals surface area contributed by atoms with Gasteiger partial charge in [-0.2, -0.15) is 0 Å². The van der Waals surface area contributed by atoms with Crippen molar-refractivity contribution in [3.05, 3.63) is 35.4 Å². The average Bonchev–Trinajstić information content (AvgIpc) is 2.55. The molecule has 8 nitrogen and oxygen atoms in total. The zero-order valence-electron chi connectivity index (χ0n) is 13.1. The molecule has 0 bridgehead atoms. The van der Waals surface area contributed by atoms with Gasteiger partial charge in [-0.1, -0.05) is 0 Å². The number of nitrogens with one attached hydrogen (secondary N) is 2. The van der Waals surface area contributed by atoms with Gasteiger partial charge in [-0.25, -0.2) is 0 Å². The van der Waals surface area contributed by atoms with E-state index < -0.39 is 11.9 Å². The first kappa shape index (κ1) is 19.1. The molecular formula is C16H20N2O6. The number of benzene rings is 1. The Kier molecular flexibility index (Phi) is 7.97. The number of carbonyl (C=O) groups excluding carboxylic acids is 2. The fourth-order valence-electron chi connectivity index (χ4n) is 1.86. The third-order valence-corrected chi connectivity index (χ3v) is 3.12. The number of aliphatic carboxylic acids is 2. The molecule has 0 aliphatic rings. The minimum Gasteiger partial charge on any atom is -0.481 e. The van der Waals surface area contributed by atoms with E-state index in [4.69, 9.17) is 10.2 Å². The Morgan fingerprint density at radius 3 is 1.33 bits per heavy atom. The van der Waals surface area contributed by atoms with Gasteiger partial charge in [0.1, 0.15) is 0 Å². The molecule has 0 spiro atoms. The Labute approximate surface area is 138 Å². The molecule has 0 heterocycles. The molecule has 0 fully saturated rings. The molecule has 0 saturated carbocycles. The van der Waals surface area contributed by atoms with Crippen LogP contribution in [0.4, 0.5) is 0 Å². The number of carbonyl (C=O) groups is 4. The van der Waals surface area contributed by atoms with Crippen molar-refractivity contribution in [2.75, 3.05) is 13.1 Å². The molecule has 1 aromatic carbocycles. The summed E-state index contributed by atoms with van der Waals surface area (Å²) in [7, 11) is 0. The number of amides is 2. The fourth-order valence-corrected chi connectivity index (χ4v) is 1.86. The SMILES string of the molecule is O=C(O)CCCNC(=O)c1ccc(C(=O)NCCCC(=O)O)cc1. The Morgan fingerprint density at radius 1 is 0.708 bits per heavy atom. The van der Waals surface area contributed by atoms with Gasteiger partial charge in [0.05, 0.1) is 0 Å². The van der Waals surface area contributed by atoms with E-state index in [1.807, 2.05) is 0 Å². The predicted octanol–water partition coefficient (Wildman–Crippen LogP) is 0.876. The van der Waals surface area contributed by atoms with E-state index in [1.165, 1.54) is 24.3 Å². The molecule has 0 aliphatic carbocycles. The largest absolute Gasteiger partial charge is 0.481 e. The van der Waals surface area contributed by atoms with Gasteiger partial charge in [0, 0.05) is 37.1 Å². The van der Waals surface area contributed by atoms with Gasteiger partial charge in [0.15, 0.2) is 0 Å². The van der Waals surface area contributed by atoms with Crippen LogP contribution in [0.5, 0.6) is 0 Å². The highest BCUT2D eigenvalue weighted by molar-refractivity contribution is 5.97. The smallest absolute Gasteiger partial charge is 0.303 e. The molecule has 0 aliphatic heterocycles. The summed E-state index contributed by atoms with van der Waals surface area (Å²) in [6.45, 7) is 0.522. The van der Waals surface area contributed by atoms with E-state index in [9.17, 15) is 19.2 Å². The van der Waals surface area contributed by atoms with Gasteiger partial charge in [-0.3, -0.25) is 19.2 Å². The third kappa shape index (κ3) is 7.39. The molecule has 0 radical (unpaired) electrons. The molecule has 24 heavy (non-hydrogen) atoms. The maximum atomic E-state index is 11.8. The zero-order valence-corrected chi connectivity index (χ0v) is 13.1. The first-order valence-corrected chi connectivity index (χ1v) is 7.50. The number of hydrogen-bond donors (Lipinski definition) is 4. The molecule has 0 atom stereocenters. The van der Waals surface area contributed by atoms with Gasteiger partial charge >= 0.3 is 11.9 Å². The lowest BCUT2D eigenvalue weighted by Crippen LogP contribution is -2.26. The van der Waals surface area contributed by atoms with E-state index in [2.05, 4.69) is 10.6 Å². The van der Waals surface area contributed by atoms with Crippen LogP contribution in [-0.4, -0.2) is 47.1 Å². The number of carboxylic acids is 2. The van der Waals surface area contributed by atoms with Crippen molar-refractivity contribution in [1.29, 1.82) is 0 Å². The second kappa shape index (κ2) is 9.98. The molecule has 1 aromatic rings. The lowest BCUT2D eigenvalue weighted by Gasteiger charge is -2.06. The molecule has 0 aromatic heterocycles. The summed E-state index contributed by atoms with van der Waals surface area (Å²) in [6, 6.07) is 5.99. The summed E-state index contributed by atoms with van der Waals surface area (Å²) in [4.78, 5) is 44.4. The predicted molar refractivity (Wildman–Crippen MR) is 84.8 cm³/mol. The Morgan fingerprint density at radius 2 is 1.04 bits per heavy atom. The first-order valence-electron chi connectivity index (χ1n) is 7.50. The van der Waals surface area contributed by atoms with Crippen molar-refractivity contribution in [1.82, 2.24) is 10.6 Å². The van der Waals surface area contributed by atoms with Crippen molar-refractivity contribution in [2.45, 2.75) is 25.7 Å². The molecule has 2 amide bonds. The van der Waals surface area contributed by atoms with Crippen LogP contribution in [0.2, 0.25) is 0 Å². The first-order chi connectivity index (χ1) is 11.4. The van der Waals surface area contributed by atoms with Gasteiger partial charge in [0.2, 0.25) is 0 Å². The standard InChI is InChI=1S/C16H20N2O6/c19-13(20)3-1-9-17-15(23)11-5-7-12(8-6-11)16(24)18-10-2-4-14(21)22/h5-8H,1-4,9-10H2,(H,17,23)(H,18,24)(H,19,20)(H,21,22). The van der Waals surface area contributed by atoms with E-state index in [0.717, 1.165) is 0 Å². The summed E-state index contributed by atoms with van der Waals surface area (Å²) in [5, 5.41) is 22.2. The summed E-state index contributed by atoms with van der Waals surface area (Å²) < 4.78 is 0. The molecule has 130 valence electrons. The molecule has 8 heteroatoms. The summed E-state index contributed by atoms with van der Waals surface area (Å²) in [5.74, 6) is -2.51. The maximum Gasteiger partial charge on any atom is 0.303 e. The summed E-state index contributed by atoms with van der Waals surface area (Å²) in [5.41, 5.74) is 0.737. The number of rotatable bonds is 10. The molecule has 0 saturated heterocycles. The summed E-state index contributed by atoms with van der Waals surface area (Å²) in [6.07, 6.45) is 0.665. The van der Waals surface area contributed by atoms with Gasteiger partial charge in [-0.15, -0.1) is 0 Å². The highest BCUT2D eigenvalue weighted by Crippen LogP contribution is 2.05. The van der Waals surface area contributed by atoms with E-state index in [1.54, 1.807) is 0 Å². The number of hydrogen-bond acceptors (Lipinski definition) is 4. The maximum absolute atomic E-state index is 11.8. The molecule has 1 rings (SSSR count). The van der Waals surface area contributed by atoms with Crippen LogP contribution < -0.4 is 10.6 Å². The molecule has 0 unspecified atom stereocenters. The van der Waals surface area contributed by atoms with E-state index >= 15 is 0 Å². The normalized spacial score (nSPS) is 10.0. The van der Waals surface area contributed by atoms with Crippen LogP contribution >= 0.6 is 0 Å². The fraction of sp³-hybridized carbons (Fsp3) is 0.375. The highest BCUT2D eigenvalue weighted by Gasteiger charge is 2.09. The van der Waals surface area contributed by atoms with Crippen LogP contribution in [0.15, 0.2) is 24.3 Å². The quantitative estimate of drug-likeness (QED) is 0.469. The Hall–Kier alpha value is -2.90. The van der Waals surface area contributed by atoms with Crippen LogP contribution in [0.3, 0.4) is 0 Å². The van der Waals surface area contributed by atoms with Crippen LogP contribution in [0.25, 0.3) is 0 Å². The topological polar surface area (TPSA) is 133 Å². The Bertz CT molecular complexity index is 544. The van der Waals surface area contributed by atoms with Gasteiger partial charge < -0.3 is 20.8 Å². The van der Waals surface area contributed by atoms with Crippen molar-refractivity contribution in [3.63, 3.8) is 0 Å². The van der Waals surface area contributed by atoms with Gasteiger partial charge in [0.25, 0.3) is 11.8 Å². The van der Waals surface area contributed by atoms with Crippen molar-refractivity contribution >= 4 is 23.8 Å². The lowest BCUT2D eigenvalue weighted by molar-refractivity contribution is -0.138. The van der Waals surface area contributed by atoms with E-state index in [-0.39, 0.29) is 37.7 Å². The Balaban J connectivity index is 2.41. The second-order valence-corrected chi connectivity index (χ2v) is 5.08. The van der Waals surface area contributed by atoms with Crippen molar-refractivity contribution < 1.29 is 29.4 Å². The van der Waals surface area contributed by atoms with Gasteiger partial charge in [-0.05, 0) is 37.1 Å². The highest BCUT2D eigenvalue weighted by atomic mass is 16.4. The molecule has 4 N–H and O–H groups in total. The minimum atomic E-state index is -0.914. The average molecular weight is 336 g/mol. The van der Waals surface area contributed by atoms with Crippen LogP contribution in [0.1, 0.15) is 46.4 Å². The third-order valence-electron chi connectivity index (χ3n) is 3.12. The monoisotopic (exact) mass is 336 g/mol. The second-order valence-electron chi connectivity index (χ2n) is 5.08. The lowest BCUT2D eigenvalue weighted by atomic mass is 10.1. The van der Waals surface area contributed by atoms with Crippen molar-refractivity contribution in [2.24, 2.45) is 0 Å². The van der Waals surface area contributed by atoms with Crippen LogP contribution in [0, 0.1) is 0 Å². The minimum absolute atomic E-state index is 0.0126.